The topological polar surface area (TPSA) is 29.6 Å². The Balaban J connectivity index is 2.15. The van der Waals surface area contributed by atoms with Crippen molar-refractivity contribution in [2.24, 2.45) is 0 Å². The number of carbonyl (C=O) groups excluding carboxylic acids is 1. The van der Waals surface area contributed by atoms with Crippen LogP contribution in [0.3, 0.4) is 0 Å². The molecule has 1 aromatic carbocycles. The van der Waals surface area contributed by atoms with E-state index in [1.54, 1.807) is 0 Å². The van der Waals surface area contributed by atoms with Crippen LogP contribution in [0.25, 0.3) is 0 Å². The van der Waals surface area contributed by atoms with E-state index in [0.29, 0.717) is 0 Å². The normalized spacial score (nSPS) is 26.8. The first-order valence-corrected chi connectivity index (χ1v) is 3.98. The van der Waals surface area contributed by atoms with Gasteiger partial charge >= 0.3 is 0 Å². The molecule has 1 heterocycles. The quantitative estimate of drug-likeness (QED) is 0.488. The molecule has 2 atom stereocenters. The molecular weight excluding hydrogens is 152 g/mol. The summed E-state index contributed by atoms with van der Waals surface area (Å²) in [7, 11) is 0. The highest BCUT2D eigenvalue weighted by atomic mass is 16.6. The molecule has 2 heteroatoms. The molecule has 1 aliphatic rings. The monoisotopic (exact) mass is 162 g/mol. The average Bonchev–Trinajstić information content (AvgIpc) is 2.85. The maximum atomic E-state index is 10.3. The number of carbonyl (C=O) groups is 1. The van der Waals surface area contributed by atoms with Crippen molar-refractivity contribution in [1.82, 2.24) is 0 Å². The number of ether oxygens (including phenoxy) is 1. The third-order valence-electron chi connectivity index (χ3n) is 2.07. The Hall–Kier alpha value is -1.15. The highest BCUT2D eigenvalue weighted by Crippen LogP contribution is 2.36. The summed E-state index contributed by atoms with van der Waals surface area (Å²) in [6.45, 7) is 2.04. The molecule has 0 aromatic heterocycles. The van der Waals surface area contributed by atoms with Gasteiger partial charge in [0.15, 0.2) is 6.29 Å². The number of epoxide rings is 1. The van der Waals surface area contributed by atoms with Gasteiger partial charge in [0.25, 0.3) is 0 Å². The van der Waals surface area contributed by atoms with E-state index < -0.39 is 0 Å². The molecule has 62 valence electrons. The molecule has 0 radical (unpaired) electrons. The zero-order chi connectivity index (χ0) is 8.55. The maximum Gasteiger partial charge on any atom is 0.151 e. The highest BCUT2D eigenvalue weighted by molar-refractivity contribution is 5.61. The van der Waals surface area contributed by atoms with Gasteiger partial charge in [-0.25, -0.2) is 0 Å². The third kappa shape index (κ3) is 1.25. The smallest absolute Gasteiger partial charge is 0.151 e. The van der Waals surface area contributed by atoms with Crippen LogP contribution in [0.15, 0.2) is 24.3 Å². The Morgan fingerprint density at radius 1 is 1.33 bits per heavy atom. The van der Waals surface area contributed by atoms with Crippen LogP contribution in [-0.4, -0.2) is 12.4 Å². The molecule has 0 amide bonds. The van der Waals surface area contributed by atoms with Gasteiger partial charge in [0.1, 0.15) is 12.2 Å². The largest absolute Gasteiger partial charge is 0.357 e. The summed E-state index contributed by atoms with van der Waals surface area (Å²) in [4.78, 5) is 10.3. The molecule has 0 unspecified atom stereocenters. The van der Waals surface area contributed by atoms with Gasteiger partial charge in [-0.05, 0) is 12.5 Å². The van der Waals surface area contributed by atoms with E-state index in [0.717, 1.165) is 11.8 Å². The van der Waals surface area contributed by atoms with Crippen LogP contribution in [0.5, 0.6) is 0 Å². The summed E-state index contributed by atoms with van der Waals surface area (Å²) < 4.78 is 5.12. The van der Waals surface area contributed by atoms with Crippen molar-refractivity contribution < 1.29 is 9.53 Å². The van der Waals surface area contributed by atoms with E-state index in [1.165, 1.54) is 5.56 Å². The van der Waals surface area contributed by atoms with Crippen molar-refractivity contribution >= 4 is 6.29 Å². The van der Waals surface area contributed by atoms with Gasteiger partial charge in [-0.3, -0.25) is 0 Å². The zero-order valence-corrected chi connectivity index (χ0v) is 6.86. The lowest BCUT2D eigenvalue weighted by Gasteiger charge is -1.94. The SMILES string of the molecule is Cc1ccc([C@H]2O[C@@H]2C=O)cc1. The molecular formula is C10H10O2. The van der Waals surface area contributed by atoms with Gasteiger partial charge < -0.3 is 9.53 Å². The predicted octanol–water partition coefficient (Wildman–Crippen LogP) is 1.63. The Morgan fingerprint density at radius 2 is 2.00 bits per heavy atom. The number of benzene rings is 1. The van der Waals surface area contributed by atoms with E-state index in [1.807, 2.05) is 31.2 Å². The number of aryl methyl sites for hydroxylation is 1. The first-order valence-electron chi connectivity index (χ1n) is 3.98. The number of hydrogen-bond donors (Lipinski definition) is 0. The van der Waals surface area contributed by atoms with Crippen molar-refractivity contribution in [3.8, 4) is 0 Å². The Bertz CT molecular complexity index is 289. The molecule has 1 fully saturated rings. The van der Waals surface area contributed by atoms with Gasteiger partial charge in [-0.2, -0.15) is 0 Å². The molecule has 0 N–H and O–H groups in total. The molecule has 2 rings (SSSR count). The lowest BCUT2D eigenvalue weighted by Crippen LogP contribution is -1.88. The first-order chi connectivity index (χ1) is 5.81. The van der Waals surface area contributed by atoms with Crippen molar-refractivity contribution in [3.63, 3.8) is 0 Å². The Morgan fingerprint density at radius 3 is 2.50 bits per heavy atom. The van der Waals surface area contributed by atoms with Gasteiger partial charge in [0.05, 0.1) is 0 Å². The van der Waals surface area contributed by atoms with Crippen molar-refractivity contribution in [1.29, 1.82) is 0 Å². The Kier molecular flexibility index (Phi) is 1.70. The van der Waals surface area contributed by atoms with E-state index in [9.17, 15) is 4.79 Å². The second kappa shape index (κ2) is 2.72. The fraction of sp³-hybridized carbons (Fsp3) is 0.300. The Labute approximate surface area is 71.2 Å². The minimum atomic E-state index is -0.201. The second-order valence-corrected chi connectivity index (χ2v) is 3.07. The molecule has 0 saturated carbocycles. The number of hydrogen-bond acceptors (Lipinski definition) is 2. The van der Waals surface area contributed by atoms with Gasteiger partial charge in [0.2, 0.25) is 0 Å². The summed E-state index contributed by atoms with van der Waals surface area (Å²) >= 11 is 0. The van der Waals surface area contributed by atoms with Crippen LogP contribution in [-0.2, 0) is 9.53 Å². The van der Waals surface area contributed by atoms with Gasteiger partial charge in [0, 0.05) is 0 Å². The molecule has 1 aliphatic heterocycles. The van der Waals surface area contributed by atoms with E-state index in [2.05, 4.69) is 0 Å². The fourth-order valence-corrected chi connectivity index (χ4v) is 1.25. The third-order valence-corrected chi connectivity index (χ3v) is 2.07. The minimum Gasteiger partial charge on any atom is -0.357 e. The summed E-state index contributed by atoms with van der Waals surface area (Å²) in [6, 6.07) is 8.06. The summed E-state index contributed by atoms with van der Waals surface area (Å²) in [5.41, 5.74) is 2.32. The van der Waals surface area contributed by atoms with Crippen molar-refractivity contribution in [2.45, 2.75) is 19.1 Å². The van der Waals surface area contributed by atoms with Crippen LogP contribution < -0.4 is 0 Å². The van der Waals surface area contributed by atoms with Crippen molar-refractivity contribution in [2.75, 3.05) is 0 Å². The standard InChI is InChI=1S/C10H10O2/c1-7-2-4-8(5-3-7)10-9(6-11)12-10/h2-6,9-10H,1H3/t9-,10-/m1/s1. The lowest BCUT2D eigenvalue weighted by atomic mass is 10.1. The van der Waals surface area contributed by atoms with Crippen molar-refractivity contribution in [3.05, 3.63) is 35.4 Å². The molecule has 0 bridgehead atoms. The zero-order valence-electron chi connectivity index (χ0n) is 6.86. The lowest BCUT2D eigenvalue weighted by molar-refractivity contribution is -0.108. The maximum absolute atomic E-state index is 10.3. The van der Waals surface area contributed by atoms with Crippen LogP contribution in [0, 0.1) is 6.92 Å². The van der Waals surface area contributed by atoms with E-state index in [4.69, 9.17) is 4.74 Å². The predicted molar refractivity (Wildman–Crippen MR) is 44.9 cm³/mol. The molecule has 1 aromatic rings. The molecule has 2 nitrogen and oxygen atoms in total. The second-order valence-electron chi connectivity index (χ2n) is 3.07. The summed E-state index contributed by atoms with van der Waals surface area (Å²) in [5.74, 6) is 0. The number of rotatable bonds is 2. The van der Waals surface area contributed by atoms with Crippen LogP contribution in [0.2, 0.25) is 0 Å². The van der Waals surface area contributed by atoms with Gasteiger partial charge in [-0.15, -0.1) is 0 Å². The molecule has 0 aliphatic carbocycles. The highest BCUT2D eigenvalue weighted by Gasteiger charge is 2.39. The van der Waals surface area contributed by atoms with Gasteiger partial charge in [-0.1, -0.05) is 29.8 Å². The van der Waals surface area contributed by atoms with E-state index in [-0.39, 0.29) is 12.2 Å². The van der Waals surface area contributed by atoms with Crippen LogP contribution in [0.4, 0.5) is 0 Å². The summed E-state index contributed by atoms with van der Waals surface area (Å²) in [6.07, 6.45) is 0.667. The minimum absolute atomic E-state index is 0.0168. The van der Waals surface area contributed by atoms with Crippen LogP contribution in [0.1, 0.15) is 17.2 Å². The molecule has 0 spiro atoms. The first kappa shape index (κ1) is 7.50. The summed E-state index contributed by atoms with van der Waals surface area (Å²) in [5, 5.41) is 0. The number of aldehydes is 1. The fourth-order valence-electron chi connectivity index (χ4n) is 1.25. The van der Waals surface area contributed by atoms with Crippen LogP contribution >= 0.6 is 0 Å². The molecule has 1 saturated heterocycles. The average molecular weight is 162 g/mol. The van der Waals surface area contributed by atoms with E-state index >= 15 is 0 Å². The molecule has 12 heavy (non-hydrogen) atoms.